The van der Waals surface area contributed by atoms with Crippen LogP contribution in [0, 0.1) is 13.8 Å². The van der Waals surface area contributed by atoms with Crippen molar-refractivity contribution < 1.29 is 18.0 Å². The number of rotatable bonds is 3. The molecule has 2 rings (SSSR count). The number of aromatic nitrogens is 1. The van der Waals surface area contributed by atoms with Crippen LogP contribution in [0.5, 0.6) is 5.75 Å². The van der Waals surface area contributed by atoms with Crippen LogP contribution in [0.3, 0.4) is 0 Å². The normalized spacial score (nSPS) is 11.5. The Bertz CT molecular complexity index is 722. The molecule has 0 aliphatic carbocycles. The maximum atomic E-state index is 12.1. The first-order valence-corrected chi connectivity index (χ1v) is 6.84. The van der Waals surface area contributed by atoms with E-state index in [9.17, 15) is 13.5 Å². The third-order valence-electron chi connectivity index (χ3n) is 2.69. The molecule has 7 nitrogen and oxygen atoms in total. The van der Waals surface area contributed by atoms with Gasteiger partial charge in [0.05, 0.1) is 16.3 Å². The molecule has 4 N–H and O–H groups in total. The van der Waals surface area contributed by atoms with E-state index in [1.165, 1.54) is 12.1 Å². The zero-order valence-electron chi connectivity index (χ0n) is 10.3. The van der Waals surface area contributed by atoms with Crippen LogP contribution in [0.25, 0.3) is 0 Å². The minimum absolute atomic E-state index is 0.0200. The predicted molar refractivity (Wildman–Crippen MR) is 69.3 cm³/mol. The SMILES string of the molecule is Cc1noc(NS(=O)(=O)c2ccc(O)c(N)c2)c1C. The molecule has 0 fully saturated rings. The van der Waals surface area contributed by atoms with E-state index in [0.29, 0.717) is 11.3 Å². The van der Waals surface area contributed by atoms with Crippen molar-refractivity contribution in [2.45, 2.75) is 18.7 Å². The summed E-state index contributed by atoms with van der Waals surface area (Å²) in [5, 5.41) is 12.9. The number of hydrogen-bond acceptors (Lipinski definition) is 6. The predicted octanol–water partition coefficient (Wildman–Crippen LogP) is 1.38. The highest BCUT2D eigenvalue weighted by molar-refractivity contribution is 7.92. The summed E-state index contributed by atoms with van der Waals surface area (Å²) in [5.41, 5.74) is 6.65. The molecular formula is C11H13N3O4S. The van der Waals surface area contributed by atoms with Crippen molar-refractivity contribution in [2.75, 3.05) is 10.5 Å². The van der Waals surface area contributed by atoms with Crippen LogP contribution in [0.4, 0.5) is 11.6 Å². The molecule has 0 unspecified atom stereocenters. The molecule has 0 atom stereocenters. The first-order chi connectivity index (χ1) is 8.81. The highest BCUT2D eigenvalue weighted by Gasteiger charge is 2.19. The Hall–Kier alpha value is -2.22. The maximum Gasteiger partial charge on any atom is 0.264 e. The molecule has 0 spiro atoms. The van der Waals surface area contributed by atoms with Crippen molar-refractivity contribution >= 4 is 21.6 Å². The lowest BCUT2D eigenvalue weighted by atomic mass is 10.3. The standard InChI is InChI=1S/C11H13N3O4S/c1-6-7(2)13-18-11(6)14-19(16,17)8-3-4-10(15)9(12)5-8/h3-5,14-15H,12H2,1-2H3. The number of phenolic OH excluding ortho intramolecular Hbond substituents is 1. The largest absolute Gasteiger partial charge is 0.506 e. The maximum absolute atomic E-state index is 12.1. The molecule has 102 valence electrons. The van der Waals surface area contributed by atoms with Crippen molar-refractivity contribution in [3.63, 3.8) is 0 Å². The van der Waals surface area contributed by atoms with Crippen LogP contribution in [0.1, 0.15) is 11.3 Å². The number of nitrogens with two attached hydrogens (primary N) is 1. The van der Waals surface area contributed by atoms with Crippen molar-refractivity contribution in [1.82, 2.24) is 5.16 Å². The van der Waals surface area contributed by atoms with E-state index in [-0.39, 0.29) is 22.2 Å². The number of anilines is 2. The second-order valence-electron chi connectivity index (χ2n) is 4.05. The molecule has 0 aliphatic heterocycles. The Kier molecular flexibility index (Phi) is 3.11. The average Bonchev–Trinajstić information content (AvgIpc) is 2.64. The Balaban J connectivity index is 2.37. The van der Waals surface area contributed by atoms with Gasteiger partial charge in [0.1, 0.15) is 5.75 Å². The lowest BCUT2D eigenvalue weighted by molar-refractivity contribution is 0.430. The number of nitrogens with one attached hydrogen (secondary N) is 1. The van der Waals surface area contributed by atoms with E-state index in [0.717, 1.165) is 6.07 Å². The number of sulfonamides is 1. The van der Waals surface area contributed by atoms with E-state index in [4.69, 9.17) is 10.3 Å². The second-order valence-corrected chi connectivity index (χ2v) is 5.73. The molecule has 0 aliphatic rings. The molecule has 0 amide bonds. The van der Waals surface area contributed by atoms with Gasteiger partial charge in [0.15, 0.2) is 0 Å². The molecule has 0 radical (unpaired) electrons. The van der Waals surface area contributed by atoms with Crippen molar-refractivity contribution in [2.24, 2.45) is 0 Å². The number of aromatic hydroxyl groups is 1. The highest BCUT2D eigenvalue weighted by Crippen LogP contribution is 2.26. The minimum atomic E-state index is -3.84. The summed E-state index contributed by atoms with van der Waals surface area (Å²) in [5.74, 6) is -0.116. The van der Waals surface area contributed by atoms with Gasteiger partial charge < -0.3 is 15.4 Å². The fraction of sp³-hybridized carbons (Fsp3) is 0.182. The zero-order valence-corrected chi connectivity index (χ0v) is 11.2. The van der Waals surface area contributed by atoms with Crippen molar-refractivity contribution in [1.29, 1.82) is 0 Å². The minimum Gasteiger partial charge on any atom is -0.506 e. The van der Waals surface area contributed by atoms with E-state index in [1.807, 2.05) is 0 Å². The monoisotopic (exact) mass is 283 g/mol. The lowest BCUT2D eigenvalue weighted by Crippen LogP contribution is -2.13. The number of benzene rings is 1. The summed E-state index contributed by atoms with van der Waals surface area (Å²) in [4.78, 5) is -0.0729. The molecule has 1 aromatic heterocycles. The quantitative estimate of drug-likeness (QED) is 0.578. The molecule has 1 heterocycles. The van der Waals surface area contributed by atoms with Gasteiger partial charge in [-0.3, -0.25) is 0 Å². The lowest BCUT2D eigenvalue weighted by Gasteiger charge is -2.07. The van der Waals surface area contributed by atoms with Crippen LogP contribution in [-0.4, -0.2) is 18.7 Å². The number of hydrogen-bond donors (Lipinski definition) is 3. The van der Waals surface area contributed by atoms with Gasteiger partial charge in [0.2, 0.25) is 5.88 Å². The molecule has 0 saturated carbocycles. The molecule has 0 bridgehead atoms. The number of nitrogens with zero attached hydrogens (tertiary/aromatic N) is 1. The van der Waals surface area contributed by atoms with E-state index in [2.05, 4.69) is 9.88 Å². The van der Waals surface area contributed by atoms with Crippen LogP contribution in [0.15, 0.2) is 27.6 Å². The molecule has 2 aromatic rings. The van der Waals surface area contributed by atoms with Gasteiger partial charge in [0.25, 0.3) is 10.0 Å². The van der Waals surface area contributed by atoms with Gasteiger partial charge in [0, 0.05) is 5.56 Å². The van der Waals surface area contributed by atoms with Gasteiger partial charge in [-0.15, -0.1) is 0 Å². The fourth-order valence-corrected chi connectivity index (χ4v) is 2.47. The van der Waals surface area contributed by atoms with E-state index >= 15 is 0 Å². The fourth-order valence-electron chi connectivity index (χ4n) is 1.39. The summed E-state index contributed by atoms with van der Waals surface area (Å²) in [6.45, 7) is 3.39. The van der Waals surface area contributed by atoms with Gasteiger partial charge in [-0.1, -0.05) is 5.16 Å². The topological polar surface area (TPSA) is 118 Å². The Morgan fingerprint density at radius 2 is 2.05 bits per heavy atom. The van der Waals surface area contributed by atoms with Crippen LogP contribution in [-0.2, 0) is 10.0 Å². The molecule has 19 heavy (non-hydrogen) atoms. The summed E-state index contributed by atoms with van der Waals surface area (Å²) in [6, 6.07) is 3.62. The van der Waals surface area contributed by atoms with Gasteiger partial charge in [-0.2, -0.15) is 0 Å². The Morgan fingerprint density at radius 1 is 1.37 bits per heavy atom. The zero-order chi connectivity index (χ0) is 14.2. The average molecular weight is 283 g/mol. The molecule has 1 aromatic carbocycles. The number of nitrogen functional groups attached to an aromatic ring is 1. The van der Waals surface area contributed by atoms with Crippen LogP contribution in [0.2, 0.25) is 0 Å². The Labute approximate surface area is 110 Å². The smallest absolute Gasteiger partial charge is 0.264 e. The third kappa shape index (κ3) is 2.48. The summed E-state index contributed by atoms with van der Waals surface area (Å²) < 4.78 is 31.3. The summed E-state index contributed by atoms with van der Waals surface area (Å²) in [6.07, 6.45) is 0. The second kappa shape index (κ2) is 4.47. The van der Waals surface area contributed by atoms with Crippen molar-refractivity contribution in [3.8, 4) is 5.75 Å². The third-order valence-corrected chi connectivity index (χ3v) is 4.02. The van der Waals surface area contributed by atoms with Crippen LogP contribution >= 0.6 is 0 Å². The molecule has 8 heteroatoms. The first-order valence-electron chi connectivity index (χ1n) is 5.35. The van der Waals surface area contributed by atoms with Gasteiger partial charge in [-0.05, 0) is 32.0 Å². The summed E-state index contributed by atoms with van der Waals surface area (Å²) >= 11 is 0. The molecule has 0 saturated heterocycles. The van der Waals surface area contributed by atoms with Crippen LogP contribution < -0.4 is 10.5 Å². The molecular weight excluding hydrogens is 270 g/mol. The van der Waals surface area contributed by atoms with Gasteiger partial charge in [-0.25, -0.2) is 13.1 Å². The van der Waals surface area contributed by atoms with Gasteiger partial charge >= 0.3 is 0 Å². The number of phenols is 1. The number of aryl methyl sites for hydroxylation is 1. The highest BCUT2D eigenvalue weighted by atomic mass is 32.2. The van der Waals surface area contributed by atoms with Crippen molar-refractivity contribution in [3.05, 3.63) is 29.5 Å². The summed E-state index contributed by atoms with van der Waals surface area (Å²) in [7, 11) is -3.84. The Morgan fingerprint density at radius 3 is 2.58 bits per heavy atom. The van der Waals surface area contributed by atoms with E-state index < -0.39 is 10.0 Å². The van der Waals surface area contributed by atoms with E-state index in [1.54, 1.807) is 13.8 Å². The first kappa shape index (κ1) is 13.2.